The lowest BCUT2D eigenvalue weighted by atomic mass is 9.94. The highest BCUT2D eigenvalue weighted by atomic mass is 32.2. The summed E-state index contributed by atoms with van der Waals surface area (Å²) in [5.74, 6) is 0.299. The van der Waals surface area contributed by atoms with Crippen LogP contribution < -0.4 is 0 Å². The molecule has 0 aromatic carbocycles. The van der Waals surface area contributed by atoms with Crippen molar-refractivity contribution >= 4 is 10.0 Å². The molecule has 1 atom stereocenters. The number of aromatic nitrogens is 4. The summed E-state index contributed by atoms with van der Waals surface area (Å²) >= 11 is 0. The first-order valence-corrected chi connectivity index (χ1v) is 9.53. The number of hydrogen-bond acceptors (Lipinski definition) is 5. The number of piperidine rings is 1. The van der Waals surface area contributed by atoms with Crippen LogP contribution in [-0.2, 0) is 23.5 Å². The molecule has 0 bridgehead atoms. The zero-order valence-corrected chi connectivity index (χ0v) is 14.2. The molecule has 2 aromatic heterocycles. The maximum Gasteiger partial charge on any atom is 0.211 e. The van der Waals surface area contributed by atoms with Crippen molar-refractivity contribution in [2.24, 2.45) is 13.0 Å². The van der Waals surface area contributed by atoms with Crippen molar-refractivity contribution in [2.75, 3.05) is 19.3 Å². The predicted molar refractivity (Wildman–Crippen MR) is 87.1 cm³/mol. The zero-order valence-electron chi connectivity index (χ0n) is 13.4. The van der Waals surface area contributed by atoms with Crippen molar-refractivity contribution in [2.45, 2.75) is 19.3 Å². The molecular formula is C15H21N5O2S. The first-order valence-electron chi connectivity index (χ1n) is 7.68. The molecule has 0 N–H and O–H groups in total. The average Bonchev–Trinajstić information content (AvgIpc) is 2.93. The molecule has 124 valence electrons. The van der Waals surface area contributed by atoms with Gasteiger partial charge in [-0.1, -0.05) is 0 Å². The summed E-state index contributed by atoms with van der Waals surface area (Å²) in [5.41, 5.74) is 2.72. The Morgan fingerprint density at radius 3 is 2.87 bits per heavy atom. The molecule has 3 heterocycles. The molecule has 1 aliphatic heterocycles. The lowest BCUT2D eigenvalue weighted by Gasteiger charge is -2.30. The van der Waals surface area contributed by atoms with Crippen LogP contribution in [0.1, 0.15) is 18.5 Å². The summed E-state index contributed by atoms with van der Waals surface area (Å²) in [6.07, 6.45) is 7.27. The van der Waals surface area contributed by atoms with E-state index in [9.17, 15) is 8.42 Å². The fourth-order valence-electron chi connectivity index (χ4n) is 3.06. The highest BCUT2D eigenvalue weighted by Gasteiger charge is 2.26. The van der Waals surface area contributed by atoms with Gasteiger partial charge in [0.2, 0.25) is 10.0 Å². The van der Waals surface area contributed by atoms with Crippen LogP contribution in [0.4, 0.5) is 0 Å². The predicted octanol–water partition coefficient (Wildman–Crippen LogP) is 1.09. The molecule has 2 aromatic rings. The Hall–Kier alpha value is -1.80. The summed E-state index contributed by atoms with van der Waals surface area (Å²) < 4.78 is 26.8. The van der Waals surface area contributed by atoms with Gasteiger partial charge in [-0.15, -0.1) is 0 Å². The van der Waals surface area contributed by atoms with Crippen molar-refractivity contribution in [3.05, 3.63) is 30.4 Å². The topological polar surface area (TPSA) is 81.0 Å². The normalized spacial score (nSPS) is 19.8. The number of nitrogens with zero attached hydrogens (tertiary/aromatic N) is 5. The minimum Gasteiger partial charge on any atom is -0.266 e. The fraction of sp³-hybridized carbons (Fsp3) is 0.533. The van der Waals surface area contributed by atoms with E-state index in [1.165, 1.54) is 6.26 Å². The Balaban J connectivity index is 1.75. The van der Waals surface area contributed by atoms with Crippen molar-refractivity contribution in [1.29, 1.82) is 0 Å². The summed E-state index contributed by atoms with van der Waals surface area (Å²) in [6, 6.07) is 3.88. The largest absolute Gasteiger partial charge is 0.266 e. The van der Waals surface area contributed by atoms with Crippen molar-refractivity contribution < 1.29 is 8.42 Å². The molecular weight excluding hydrogens is 314 g/mol. The van der Waals surface area contributed by atoms with E-state index in [1.54, 1.807) is 21.5 Å². The molecule has 0 unspecified atom stereocenters. The molecule has 0 aliphatic carbocycles. The van der Waals surface area contributed by atoms with Gasteiger partial charge in [0.05, 0.1) is 17.6 Å². The second kappa shape index (κ2) is 6.37. The van der Waals surface area contributed by atoms with E-state index in [2.05, 4.69) is 15.1 Å². The summed E-state index contributed by atoms with van der Waals surface area (Å²) in [7, 11) is -1.23. The molecule has 0 saturated carbocycles. The van der Waals surface area contributed by atoms with Crippen molar-refractivity contribution in [1.82, 2.24) is 24.1 Å². The van der Waals surface area contributed by atoms with Gasteiger partial charge < -0.3 is 0 Å². The quantitative estimate of drug-likeness (QED) is 0.835. The van der Waals surface area contributed by atoms with Gasteiger partial charge in [0, 0.05) is 32.0 Å². The zero-order chi connectivity index (χ0) is 16.4. The summed E-state index contributed by atoms with van der Waals surface area (Å²) in [4.78, 5) is 8.66. The number of sulfonamides is 1. The van der Waals surface area contributed by atoms with Gasteiger partial charge >= 0.3 is 0 Å². The molecule has 0 amide bonds. The Morgan fingerprint density at radius 2 is 2.17 bits per heavy atom. The third-order valence-corrected chi connectivity index (χ3v) is 5.53. The van der Waals surface area contributed by atoms with Crippen LogP contribution >= 0.6 is 0 Å². The Kier molecular flexibility index (Phi) is 4.45. The molecule has 23 heavy (non-hydrogen) atoms. The lowest BCUT2D eigenvalue weighted by molar-refractivity contribution is 0.265. The van der Waals surface area contributed by atoms with Crippen LogP contribution in [0.25, 0.3) is 11.4 Å². The number of aryl methyl sites for hydroxylation is 1. The van der Waals surface area contributed by atoms with Gasteiger partial charge in [0.1, 0.15) is 6.33 Å². The maximum absolute atomic E-state index is 11.7. The monoisotopic (exact) mass is 335 g/mol. The van der Waals surface area contributed by atoms with Crippen LogP contribution in [-0.4, -0.2) is 51.8 Å². The first kappa shape index (κ1) is 16.1. The van der Waals surface area contributed by atoms with Crippen molar-refractivity contribution in [3.63, 3.8) is 0 Å². The van der Waals surface area contributed by atoms with E-state index in [1.807, 2.05) is 19.2 Å². The molecule has 3 rings (SSSR count). The summed E-state index contributed by atoms with van der Waals surface area (Å²) in [6.45, 7) is 1.20. The van der Waals surface area contributed by atoms with E-state index in [-0.39, 0.29) is 0 Å². The second-order valence-electron chi connectivity index (χ2n) is 6.07. The summed E-state index contributed by atoms with van der Waals surface area (Å²) in [5, 5.41) is 4.16. The first-order chi connectivity index (χ1) is 10.9. The Morgan fingerprint density at radius 1 is 1.35 bits per heavy atom. The van der Waals surface area contributed by atoms with E-state index >= 15 is 0 Å². The van der Waals surface area contributed by atoms with Crippen molar-refractivity contribution in [3.8, 4) is 11.4 Å². The third-order valence-electron chi connectivity index (χ3n) is 4.26. The maximum atomic E-state index is 11.7. The minimum absolute atomic E-state index is 0.299. The highest BCUT2D eigenvalue weighted by molar-refractivity contribution is 7.88. The third kappa shape index (κ3) is 3.76. The molecule has 1 saturated heterocycles. The van der Waals surface area contributed by atoms with Crippen LogP contribution in [0.15, 0.2) is 24.7 Å². The minimum atomic E-state index is -3.11. The smallest absolute Gasteiger partial charge is 0.211 e. The number of rotatable bonds is 4. The molecule has 7 nitrogen and oxygen atoms in total. The van der Waals surface area contributed by atoms with Gasteiger partial charge in [0.15, 0.2) is 0 Å². The van der Waals surface area contributed by atoms with Gasteiger partial charge in [-0.2, -0.15) is 5.10 Å². The van der Waals surface area contributed by atoms with Crippen LogP contribution in [0.2, 0.25) is 0 Å². The fourth-order valence-corrected chi connectivity index (χ4v) is 4.01. The molecule has 1 aliphatic rings. The van der Waals surface area contributed by atoms with Gasteiger partial charge in [-0.3, -0.25) is 4.68 Å². The second-order valence-corrected chi connectivity index (χ2v) is 8.05. The van der Waals surface area contributed by atoms with E-state index in [4.69, 9.17) is 0 Å². The Bertz CT molecular complexity index is 787. The van der Waals surface area contributed by atoms with Crippen LogP contribution in [0.5, 0.6) is 0 Å². The van der Waals surface area contributed by atoms with Crippen LogP contribution in [0.3, 0.4) is 0 Å². The van der Waals surface area contributed by atoms with Gasteiger partial charge in [0.25, 0.3) is 0 Å². The Labute approximate surface area is 136 Å². The standard InChI is InChI=1S/C15H21N5O2S/c1-19-15(5-6-18-19)14-9-13(16-11-17-14)8-12-4-3-7-20(10-12)23(2,21)22/h5-6,9,11-12H,3-4,7-8,10H2,1-2H3/t12-/m0/s1. The van der Waals surface area contributed by atoms with E-state index in [0.29, 0.717) is 19.0 Å². The highest BCUT2D eigenvalue weighted by Crippen LogP contribution is 2.23. The lowest BCUT2D eigenvalue weighted by Crippen LogP contribution is -2.39. The van der Waals surface area contributed by atoms with E-state index < -0.39 is 10.0 Å². The van der Waals surface area contributed by atoms with E-state index in [0.717, 1.165) is 36.3 Å². The molecule has 0 radical (unpaired) electrons. The molecule has 8 heteroatoms. The number of hydrogen-bond donors (Lipinski definition) is 0. The van der Waals surface area contributed by atoms with Gasteiger partial charge in [-0.05, 0) is 37.3 Å². The van der Waals surface area contributed by atoms with Crippen LogP contribution in [0, 0.1) is 5.92 Å². The SMILES string of the molecule is Cn1nccc1-c1cc(C[C@@H]2CCCN(S(C)(=O)=O)C2)ncn1. The molecule has 1 fully saturated rings. The molecule has 0 spiro atoms. The average molecular weight is 335 g/mol. The van der Waals surface area contributed by atoms with Gasteiger partial charge in [-0.25, -0.2) is 22.7 Å².